The lowest BCUT2D eigenvalue weighted by Crippen LogP contribution is -2.33. The van der Waals surface area contributed by atoms with Crippen molar-refractivity contribution >= 4 is 30.2 Å². The molecule has 1 fully saturated rings. The van der Waals surface area contributed by atoms with Crippen LogP contribution in [0.3, 0.4) is 0 Å². The number of hydrogen-bond acceptors (Lipinski definition) is 6. The predicted molar refractivity (Wildman–Crippen MR) is 105 cm³/mol. The first kappa shape index (κ1) is 24.1. The fraction of sp³-hybridized carbons (Fsp3) is 0.421. The fourth-order valence-corrected chi connectivity index (χ4v) is 3.43. The van der Waals surface area contributed by atoms with E-state index < -0.39 is 45.9 Å². The van der Waals surface area contributed by atoms with Gasteiger partial charge < -0.3 is 15.4 Å². The highest BCUT2D eigenvalue weighted by molar-refractivity contribution is 7.80. The molecule has 1 amide bonds. The van der Waals surface area contributed by atoms with Gasteiger partial charge in [0, 0.05) is 30.9 Å². The predicted octanol–water partition coefficient (Wildman–Crippen LogP) is 4.70. The number of nitrogens with one attached hydrogen (secondary N) is 2. The highest BCUT2D eigenvalue weighted by Gasteiger charge is 2.38. The number of rotatable bonds is 5. The summed E-state index contributed by atoms with van der Waals surface area (Å²) < 4.78 is 84.9. The Labute approximate surface area is 184 Å². The zero-order valence-corrected chi connectivity index (χ0v) is 17.2. The Hall–Kier alpha value is -2.54. The lowest BCUT2D eigenvalue weighted by molar-refractivity contribution is -0.141. The maximum absolute atomic E-state index is 13.5. The van der Waals surface area contributed by atoms with Gasteiger partial charge in [0.1, 0.15) is 0 Å². The van der Waals surface area contributed by atoms with Crippen LogP contribution in [0.1, 0.15) is 34.5 Å². The molecule has 3 rings (SSSR count). The Bertz CT molecular complexity index is 977. The molecule has 2 aromatic rings. The molecule has 1 aromatic heterocycles. The van der Waals surface area contributed by atoms with Crippen LogP contribution in [0.25, 0.3) is 0 Å². The van der Waals surface area contributed by atoms with Crippen molar-refractivity contribution in [3.8, 4) is 0 Å². The number of alkyl halides is 6. The number of carbonyl (C=O) groups is 1. The molecule has 0 bridgehead atoms. The van der Waals surface area contributed by atoms with Crippen LogP contribution >= 0.6 is 12.6 Å². The third-order valence-electron chi connectivity index (χ3n) is 4.78. The second kappa shape index (κ2) is 9.53. The Morgan fingerprint density at radius 3 is 2.44 bits per heavy atom. The van der Waals surface area contributed by atoms with Crippen molar-refractivity contribution in [3.05, 3.63) is 41.2 Å². The normalized spacial score (nSPS) is 15.5. The molecule has 0 unspecified atom stereocenters. The third kappa shape index (κ3) is 5.82. The van der Waals surface area contributed by atoms with Crippen molar-refractivity contribution in [1.29, 1.82) is 0 Å². The maximum Gasteiger partial charge on any atom is 0.434 e. The molecule has 32 heavy (non-hydrogen) atoms. The fourth-order valence-electron chi connectivity index (χ4n) is 3.10. The number of halogens is 6. The second-order valence-corrected chi connectivity index (χ2v) is 7.49. The third-order valence-corrected chi connectivity index (χ3v) is 5.26. The smallest absolute Gasteiger partial charge is 0.381 e. The molecule has 174 valence electrons. The van der Waals surface area contributed by atoms with Crippen molar-refractivity contribution in [1.82, 2.24) is 15.3 Å². The Morgan fingerprint density at radius 1 is 1.12 bits per heavy atom. The molecule has 1 aliphatic rings. The van der Waals surface area contributed by atoms with Gasteiger partial charge in [-0.1, -0.05) is 6.07 Å². The van der Waals surface area contributed by atoms with Gasteiger partial charge in [-0.15, -0.1) is 12.6 Å². The summed E-state index contributed by atoms with van der Waals surface area (Å²) >= 11 is 3.82. The largest absolute Gasteiger partial charge is 0.434 e. The molecule has 13 heteroatoms. The zero-order valence-electron chi connectivity index (χ0n) is 16.3. The highest BCUT2D eigenvalue weighted by atomic mass is 32.1. The minimum absolute atomic E-state index is 0.0820. The van der Waals surface area contributed by atoms with Crippen LogP contribution in [0.2, 0.25) is 0 Å². The van der Waals surface area contributed by atoms with Gasteiger partial charge in [0.15, 0.2) is 5.69 Å². The molecular formula is C19H18F6N4O2S. The number of hydrogen-bond donors (Lipinski definition) is 3. The van der Waals surface area contributed by atoms with Gasteiger partial charge in [-0.25, -0.2) is 9.97 Å². The number of anilines is 2. The quantitative estimate of drug-likeness (QED) is 0.427. The number of amides is 1. The summed E-state index contributed by atoms with van der Waals surface area (Å²) in [6, 6.07) is 3.03. The number of nitrogens with zero attached hydrogens (tertiary/aromatic N) is 2. The molecule has 0 spiro atoms. The van der Waals surface area contributed by atoms with Crippen LogP contribution in [0.4, 0.5) is 38.0 Å². The lowest BCUT2D eigenvalue weighted by Gasteiger charge is -2.22. The monoisotopic (exact) mass is 480 g/mol. The molecule has 1 saturated heterocycles. The van der Waals surface area contributed by atoms with E-state index in [9.17, 15) is 31.1 Å². The molecule has 0 aliphatic carbocycles. The first-order chi connectivity index (χ1) is 15.0. The summed E-state index contributed by atoms with van der Waals surface area (Å²) in [5.74, 6) is -1.55. The van der Waals surface area contributed by atoms with E-state index in [0.717, 1.165) is 12.1 Å². The molecule has 0 saturated carbocycles. The van der Waals surface area contributed by atoms with Crippen LogP contribution in [0.15, 0.2) is 29.3 Å². The minimum Gasteiger partial charge on any atom is -0.381 e. The van der Waals surface area contributed by atoms with Gasteiger partial charge in [0.25, 0.3) is 5.91 Å². The van der Waals surface area contributed by atoms with E-state index in [-0.39, 0.29) is 18.2 Å². The van der Waals surface area contributed by atoms with E-state index in [2.05, 4.69) is 33.2 Å². The van der Waals surface area contributed by atoms with Crippen molar-refractivity contribution < 1.29 is 35.9 Å². The van der Waals surface area contributed by atoms with Crippen molar-refractivity contribution in [3.63, 3.8) is 0 Å². The summed E-state index contributed by atoms with van der Waals surface area (Å²) in [6.07, 6.45) is -7.67. The number of thiol groups is 1. The number of ether oxygens (including phenoxy) is 1. The summed E-state index contributed by atoms with van der Waals surface area (Å²) in [5.41, 5.74) is -3.61. The molecule has 6 nitrogen and oxygen atoms in total. The Balaban J connectivity index is 1.83. The van der Waals surface area contributed by atoms with E-state index in [1.165, 1.54) is 6.07 Å². The summed E-state index contributed by atoms with van der Waals surface area (Å²) in [4.78, 5) is 18.8. The molecule has 1 aliphatic heterocycles. The van der Waals surface area contributed by atoms with Gasteiger partial charge in [0.2, 0.25) is 5.95 Å². The topological polar surface area (TPSA) is 76.1 Å². The van der Waals surface area contributed by atoms with E-state index in [1.54, 1.807) is 0 Å². The highest BCUT2D eigenvalue weighted by Crippen LogP contribution is 2.38. The van der Waals surface area contributed by atoms with Crippen molar-refractivity contribution in [2.24, 2.45) is 5.92 Å². The van der Waals surface area contributed by atoms with Crippen LogP contribution < -0.4 is 10.6 Å². The lowest BCUT2D eigenvalue weighted by atomic mass is 10.0. The van der Waals surface area contributed by atoms with Gasteiger partial charge in [-0.3, -0.25) is 4.79 Å². The summed E-state index contributed by atoms with van der Waals surface area (Å²) in [5, 5.41) is 4.75. The van der Waals surface area contributed by atoms with Gasteiger partial charge in [-0.2, -0.15) is 26.3 Å². The van der Waals surface area contributed by atoms with Gasteiger partial charge in [0.05, 0.1) is 16.8 Å². The van der Waals surface area contributed by atoms with Crippen LogP contribution in [-0.4, -0.2) is 35.6 Å². The van der Waals surface area contributed by atoms with Gasteiger partial charge >= 0.3 is 12.4 Å². The molecule has 0 radical (unpaired) electrons. The summed E-state index contributed by atoms with van der Waals surface area (Å²) in [7, 11) is 0. The molecule has 2 N–H and O–H groups in total. The van der Waals surface area contributed by atoms with Gasteiger partial charge in [-0.05, 0) is 30.9 Å². The molecule has 2 heterocycles. The number of carbonyl (C=O) groups excluding carboxylic acids is 1. The van der Waals surface area contributed by atoms with Crippen LogP contribution in [0, 0.1) is 5.92 Å². The van der Waals surface area contributed by atoms with E-state index in [0.29, 0.717) is 32.3 Å². The number of aromatic nitrogens is 2. The first-order valence-electron chi connectivity index (χ1n) is 9.43. The van der Waals surface area contributed by atoms with Crippen LogP contribution in [-0.2, 0) is 17.1 Å². The van der Waals surface area contributed by atoms with E-state index >= 15 is 0 Å². The molecular weight excluding hydrogens is 462 g/mol. The maximum atomic E-state index is 13.5. The second-order valence-electron chi connectivity index (χ2n) is 7.04. The number of benzene rings is 1. The average molecular weight is 480 g/mol. The first-order valence-corrected chi connectivity index (χ1v) is 9.88. The Kier molecular flexibility index (Phi) is 7.18. The minimum atomic E-state index is -5.00. The van der Waals surface area contributed by atoms with Crippen molar-refractivity contribution in [2.45, 2.75) is 30.1 Å². The van der Waals surface area contributed by atoms with Crippen molar-refractivity contribution in [2.75, 3.05) is 25.1 Å². The molecule has 0 atom stereocenters. The van der Waals surface area contributed by atoms with E-state index in [4.69, 9.17) is 4.74 Å². The SMILES string of the molecule is O=C(NCC1CCOCC1)c1cnc(Nc2cccc(C(F)(F)F)c2S)nc1C(F)(F)F. The summed E-state index contributed by atoms with van der Waals surface area (Å²) in [6.45, 7) is 1.20. The average Bonchev–Trinajstić information content (AvgIpc) is 2.73. The van der Waals surface area contributed by atoms with Crippen LogP contribution in [0.5, 0.6) is 0 Å². The Morgan fingerprint density at radius 2 is 1.81 bits per heavy atom. The standard InChI is InChI=1S/C19H18F6N4O2S/c20-18(21,22)12-2-1-3-13(14(12)32)28-17-27-9-11(15(29-17)19(23,24)25)16(30)26-8-10-4-6-31-7-5-10/h1-3,9-10,32H,4-8H2,(H,26,30)(H,27,28,29). The van der Waals surface area contributed by atoms with E-state index in [1.807, 2.05) is 0 Å². The zero-order chi connectivity index (χ0) is 23.5. The molecule has 1 aromatic carbocycles.